The smallest absolute Gasteiger partial charge is 0.176 e. The molecule has 0 atom stereocenters. The minimum Gasteiger partial charge on any atom is -0.301 e. The van der Waals surface area contributed by atoms with Gasteiger partial charge in [-0.05, 0) is 72.2 Å². The van der Waals surface area contributed by atoms with Crippen molar-refractivity contribution in [2.75, 3.05) is 0 Å². The first-order valence-electron chi connectivity index (χ1n) is 9.92. The van der Waals surface area contributed by atoms with E-state index in [1.165, 1.54) is 5.56 Å². The van der Waals surface area contributed by atoms with Gasteiger partial charge in [-0.25, -0.2) is 0 Å². The molecule has 146 valence electrons. The molecule has 5 nitrogen and oxygen atoms in total. The summed E-state index contributed by atoms with van der Waals surface area (Å²) in [6.45, 7) is 5.11. The molecule has 6 heteroatoms. The number of benzene rings is 2. The maximum Gasteiger partial charge on any atom is 0.176 e. The van der Waals surface area contributed by atoms with Crippen LogP contribution in [0.15, 0.2) is 48.5 Å². The minimum atomic E-state index is -0.247. The van der Waals surface area contributed by atoms with Gasteiger partial charge < -0.3 is 5.32 Å². The van der Waals surface area contributed by atoms with Crippen LogP contribution in [0.25, 0.3) is 5.69 Å². The van der Waals surface area contributed by atoms with Gasteiger partial charge in [0.1, 0.15) is 0 Å². The van der Waals surface area contributed by atoms with Crippen molar-refractivity contribution in [2.45, 2.75) is 51.6 Å². The van der Waals surface area contributed by atoms with E-state index in [-0.39, 0.29) is 5.54 Å². The highest BCUT2D eigenvalue weighted by Gasteiger charge is 2.40. The molecule has 1 N–H and O–H groups in total. The van der Waals surface area contributed by atoms with Gasteiger partial charge in [0, 0.05) is 11.6 Å². The standard InChI is InChI=1S/C22H26ClN5/c1-16-10-12-22(13-11-16,24-15-18-6-4-3-5-7-18)21-25-26-27-28(21)19-9-8-17(2)20(23)14-19/h3-9,14,16,24H,10-13,15H2,1-2H3. The molecule has 0 saturated heterocycles. The van der Waals surface area contributed by atoms with Crippen LogP contribution in [0.5, 0.6) is 0 Å². The van der Waals surface area contributed by atoms with Crippen LogP contribution in [0, 0.1) is 12.8 Å². The van der Waals surface area contributed by atoms with E-state index in [0.29, 0.717) is 0 Å². The van der Waals surface area contributed by atoms with Crippen molar-refractivity contribution in [1.82, 2.24) is 25.5 Å². The molecule has 0 bridgehead atoms. The van der Waals surface area contributed by atoms with Gasteiger partial charge in [0.25, 0.3) is 0 Å². The molecule has 0 aliphatic heterocycles. The number of aromatic nitrogens is 4. The van der Waals surface area contributed by atoms with Crippen LogP contribution in [0.2, 0.25) is 5.02 Å². The third kappa shape index (κ3) is 3.82. The van der Waals surface area contributed by atoms with E-state index in [9.17, 15) is 0 Å². The van der Waals surface area contributed by atoms with Crippen LogP contribution in [0.4, 0.5) is 0 Å². The molecule has 1 aromatic heterocycles. The molecule has 0 unspecified atom stereocenters. The van der Waals surface area contributed by atoms with E-state index in [4.69, 9.17) is 11.6 Å². The van der Waals surface area contributed by atoms with E-state index in [0.717, 1.165) is 60.2 Å². The zero-order valence-electron chi connectivity index (χ0n) is 16.4. The Kier molecular flexibility index (Phi) is 5.47. The normalized spacial score (nSPS) is 22.3. The number of hydrogen-bond donors (Lipinski definition) is 1. The van der Waals surface area contributed by atoms with Crippen LogP contribution in [-0.4, -0.2) is 20.2 Å². The summed E-state index contributed by atoms with van der Waals surface area (Å²) in [5, 5.41) is 17.3. The highest BCUT2D eigenvalue weighted by Crippen LogP contribution is 2.39. The lowest BCUT2D eigenvalue weighted by Crippen LogP contribution is -2.46. The largest absolute Gasteiger partial charge is 0.301 e. The monoisotopic (exact) mass is 395 g/mol. The van der Waals surface area contributed by atoms with Gasteiger partial charge in [0.15, 0.2) is 5.82 Å². The summed E-state index contributed by atoms with van der Waals surface area (Å²) in [5.74, 6) is 1.60. The molecular weight excluding hydrogens is 370 g/mol. The second kappa shape index (κ2) is 8.02. The molecule has 4 rings (SSSR count). The third-order valence-corrected chi connectivity index (χ3v) is 6.31. The second-order valence-corrected chi connectivity index (χ2v) is 8.36. The van der Waals surface area contributed by atoms with Gasteiger partial charge in [0.05, 0.1) is 11.2 Å². The van der Waals surface area contributed by atoms with Gasteiger partial charge >= 0.3 is 0 Å². The predicted octanol–water partition coefficient (Wildman–Crippen LogP) is 4.82. The Morgan fingerprint density at radius 3 is 2.61 bits per heavy atom. The zero-order chi connectivity index (χ0) is 19.6. The van der Waals surface area contributed by atoms with Crippen molar-refractivity contribution in [3.63, 3.8) is 0 Å². The fourth-order valence-electron chi connectivity index (χ4n) is 3.97. The zero-order valence-corrected chi connectivity index (χ0v) is 17.2. The quantitative estimate of drug-likeness (QED) is 0.672. The first kappa shape index (κ1) is 19.1. The van der Waals surface area contributed by atoms with Gasteiger partial charge in [-0.1, -0.05) is 54.9 Å². The summed E-state index contributed by atoms with van der Waals surface area (Å²) in [6, 6.07) is 16.5. The van der Waals surface area contributed by atoms with Crippen molar-refractivity contribution in [3.05, 3.63) is 70.5 Å². The van der Waals surface area contributed by atoms with Crippen molar-refractivity contribution < 1.29 is 0 Å². The van der Waals surface area contributed by atoms with Crippen molar-refractivity contribution in [2.24, 2.45) is 5.92 Å². The Morgan fingerprint density at radius 2 is 1.89 bits per heavy atom. The lowest BCUT2D eigenvalue weighted by Gasteiger charge is -2.39. The minimum absolute atomic E-state index is 0.247. The molecule has 0 spiro atoms. The summed E-state index contributed by atoms with van der Waals surface area (Å²) >= 11 is 6.37. The maximum absolute atomic E-state index is 6.37. The van der Waals surface area contributed by atoms with E-state index in [2.05, 4.69) is 52.0 Å². The number of nitrogens with one attached hydrogen (secondary N) is 1. The molecule has 2 aromatic carbocycles. The maximum atomic E-state index is 6.37. The number of tetrazole rings is 1. The number of aryl methyl sites for hydroxylation is 1. The molecule has 1 fully saturated rings. The first-order chi connectivity index (χ1) is 13.6. The SMILES string of the molecule is Cc1ccc(-n2nnnc2C2(NCc3ccccc3)CCC(C)CC2)cc1Cl. The van der Waals surface area contributed by atoms with Crippen molar-refractivity contribution in [3.8, 4) is 5.69 Å². The Morgan fingerprint density at radius 1 is 1.14 bits per heavy atom. The van der Waals surface area contributed by atoms with Crippen LogP contribution in [-0.2, 0) is 12.1 Å². The number of rotatable bonds is 5. The second-order valence-electron chi connectivity index (χ2n) is 7.95. The first-order valence-corrected chi connectivity index (χ1v) is 10.3. The summed E-state index contributed by atoms with van der Waals surface area (Å²) < 4.78 is 1.85. The predicted molar refractivity (Wildman–Crippen MR) is 111 cm³/mol. The van der Waals surface area contributed by atoms with E-state index in [1.807, 2.05) is 35.9 Å². The van der Waals surface area contributed by atoms with Gasteiger partial charge in [-0.15, -0.1) is 5.10 Å². The Labute approximate surface area is 171 Å². The Bertz CT molecular complexity index is 929. The topological polar surface area (TPSA) is 55.6 Å². The molecule has 0 radical (unpaired) electrons. The fraction of sp³-hybridized carbons (Fsp3) is 0.409. The molecule has 1 heterocycles. The molecule has 0 amide bonds. The fourth-order valence-corrected chi connectivity index (χ4v) is 4.15. The van der Waals surface area contributed by atoms with Gasteiger partial charge in [0.2, 0.25) is 0 Å². The van der Waals surface area contributed by atoms with Crippen LogP contribution < -0.4 is 5.32 Å². The van der Waals surface area contributed by atoms with E-state index < -0.39 is 0 Å². The third-order valence-electron chi connectivity index (χ3n) is 5.90. The van der Waals surface area contributed by atoms with Crippen LogP contribution in [0.3, 0.4) is 0 Å². The average molecular weight is 396 g/mol. The molecule has 1 aliphatic carbocycles. The molecule has 28 heavy (non-hydrogen) atoms. The summed E-state index contributed by atoms with van der Waals surface area (Å²) in [4.78, 5) is 0. The van der Waals surface area contributed by atoms with Gasteiger partial charge in [-0.2, -0.15) is 4.68 Å². The van der Waals surface area contributed by atoms with Crippen molar-refractivity contribution in [1.29, 1.82) is 0 Å². The molecule has 1 saturated carbocycles. The molecule has 1 aliphatic rings. The van der Waals surface area contributed by atoms with E-state index >= 15 is 0 Å². The average Bonchev–Trinajstić information content (AvgIpc) is 3.21. The summed E-state index contributed by atoms with van der Waals surface area (Å²) in [7, 11) is 0. The van der Waals surface area contributed by atoms with Crippen LogP contribution >= 0.6 is 11.6 Å². The van der Waals surface area contributed by atoms with Gasteiger partial charge in [-0.3, -0.25) is 0 Å². The number of hydrogen-bond acceptors (Lipinski definition) is 4. The summed E-state index contributed by atoms with van der Waals surface area (Å²) in [5.41, 5.74) is 2.96. The highest BCUT2D eigenvalue weighted by molar-refractivity contribution is 6.31. The van der Waals surface area contributed by atoms with Crippen LogP contribution in [0.1, 0.15) is 49.6 Å². The summed E-state index contributed by atoms with van der Waals surface area (Å²) in [6.07, 6.45) is 4.34. The molecular formula is C22H26ClN5. The Balaban J connectivity index is 1.69. The Hall–Kier alpha value is -2.24. The number of nitrogens with zero attached hydrogens (tertiary/aromatic N) is 4. The number of halogens is 1. The molecule has 3 aromatic rings. The van der Waals surface area contributed by atoms with E-state index in [1.54, 1.807) is 0 Å². The van der Waals surface area contributed by atoms with Crippen molar-refractivity contribution >= 4 is 11.6 Å². The highest BCUT2D eigenvalue weighted by atomic mass is 35.5. The lowest BCUT2D eigenvalue weighted by molar-refractivity contribution is 0.180. The lowest BCUT2D eigenvalue weighted by atomic mass is 9.76.